The molecule has 0 aliphatic heterocycles. The number of para-hydroxylation sites is 1. The molecule has 0 radical (unpaired) electrons. The average Bonchev–Trinajstić information content (AvgIpc) is 2.94. The van der Waals surface area contributed by atoms with Gasteiger partial charge in [0.25, 0.3) is 5.89 Å². The largest absolute Gasteiger partial charge is 0.334 e. The number of aromatic nitrogens is 3. The number of hydrogen-bond donors (Lipinski definition) is 1. The number of nitrogens with one attached hydrogen (secondary N) is 1. The third-order valence-electron chi connectivity index (χ3n) is 3.31. The molecule has 3 aromatic rings. The van der Waals surface area contributed by atoms with Crippen LogP contribution in [0.1, 0.15) is 12.7 Å². The molecule has 1 atom stereocenters. The number of nitrogens with zero attached hydrogens (tertiary/aromatic N) is 3. The van der Waals surface area contributed by atoms with Crippen LogP contribution in [-0.2, 0) is 6.42 Å². The third kappa shape index (κ3) is 2.40. The molecule has 102 valence electrons. The monoisotopic (exact) mass is 268 g/mol. The molecule has 3 rings (SSSR count). The van der Waals surface area contributed by atoms with E-state index in [-0.39, 0.29) is 0 Å². The molecular weight excluding hydrogens is 252 g/mol. The standard InChI is InChI=1S/C15H16N4O/c1-10(16-2)9-13-18-15(20-19-13)12-7-3-5-11-6-4-8-17-14(11)12/h3-8,10,16H,9H2,1-2H3. The van der Waals surface area contributed by atoms with Crippen molar-refractivity contribution in [2.45, 2.75) is 19.4 Å². The van der Waals surface area contributed by atoms with Gasteiger partial charge >= 0.3 is 0 Å². The molecule has 2 aromatic heterocycles. The van der Waals surface area contributed by atoms with E-state index in [1.165, 1.54) is 0 Å². The average molecular weight is 268 g/mol. The van der Waals surface area contributed by atoms with Gasteiger partial charge < -0.3 is 9.84 Å². The van der Waals surface area contributed by atoms with Gasteiger partial charge in [-0.1, -0.05) is 23.4 Å². The van der Waals surface area contributed by atoms with Crippen LogP contribution < -0.4 is 5.32 Å². The van der Waals surface area contributed by atoms with Crippen LogP contribution >= 0.6 is 0 Å². The lowest BCUT2D eigenvalue weighted by Crippen LogP contribution is -2.24. The third-order valence-corrected chi connectivity index (χ3v) is 3.31. The van der Waals surface area contributed by atoms with Crippen molar-refractivity contribution >= 4 is 10.9 Å². The topological polar surface area (TPSA) is 63.8 Å². The molecule has 0 aliphatic carbocycles. The smallest absolute Gasteiger partial charge is 0.260 e. The molecule has 0 bridgehead atoms. The van der Waals surface area contributed by atoms with Crippen LogP contribution in [0.15, 0.2) is 41.1 Å². The fourth-order valence-electron chi connectivity index (χ4n) is 2.10. The summed E-state index contributed by atoms with van der Waals surface area (Å²) < 4.78 is 5.38. The Labute approximate surface area is 117 Å². The van der Waals surface area contributed by atoms with Crippen LogP contribution in [-0.4, -0.2) is 28.2 Å². The summed E-state index contributed by atoms with van der Waals surface area (Å²) in [4.78, 5) is 8.86. The zero-order valence-electron chi connectivity index (χ0n) is 11.5. The summed E-state index contributed by atoms with van der Waals surface area (Å²) in [6.07, 6.45) is 2.50. The van der Waals surface area contributed by atoms with Gasteiger partial charge in [0.2, 0.25) is 0 Å². The molecule has 0 fully saturated rings. The summed E-state index contributed by atoms with van der Waals surface area (Å²) in [5.41, 5.74) is 1.76. The maximum Gasteiger partial charge on any atom is 0.260 e. The number of fused-ring (bicyclic) bond motifs is 1. The normalized spacial score (nSPS) is 12.7. The highest BCUT2D eigenvalue weighted by Gasteiger charge is 2.13. The molecule has 1 unspecified atom stereocenters. The van der Waals surface area contributed by atoms with Crippen LogP contribution in [0.3, 0.4) is 0 Å². The molecule has 0 aliphatic rings. The Bertz CT molecular complexity index is 717. The van der Waals surface area contributed by atoms with Crippen molar-refractivity contribution in [1.82, 2.24) is 20.4 Å². The Morgan fingerprint density at radius 2 is 2.10 bits per heavy atom. The van der Waals surface area contributed by atoms with Gasteiger partial charge in [0.05, 0.1) is 11.1 Å². The van der Waals surface area contributed by atoms with Gasteiger partial charge in [-0.25, -0.2) is 0 Å². The predicted molar refractivity (Wildman–Crippen MR) is 77.3 cm³/mol. The van der Waals surface area contributed by atoms with Crippen molar-refractivity contribution in [3.63, 3.8) is 0 Å². The van der Waals surface area contributed by atoms with Crippen molar-refractivity contribution in [3.05, 3.63) is 42.4 Å². The number of pyridine rings is 1. The molecule has 20 heavy (non-hydrogen) atoms. The second-order valence-corrected chi connectivity index (χ2v) is 4.79. The molecule has 0 saturated heterocycles. The van der Waals surface area contributed by atoms with E-state index in [1.807, 2.05) is 37.4 Å². The maximum absolute atomic E-state index is 5.38. The number of benzene rings is 1. The minimum absolute atomic E-state index is 0.311. The fourth-order valence-corrected chi connectivity index (χ4v) is 2.10. The van der Waals surface area contributed by atoms with Crippen molar-refractivity contribution in [3.8, 4) is 11.5 Å². The van der Waals surface area contributed by atoms with Crippen molar-refractivity contribution in [2.75, 3.05) is 7.05 Å². The molecular formula is C15H16N4O. The molecule has 1 aromatic carbocycles. The Balaban J connectivity index is 1.99. The van der Waals surface area contributed by atoms with E-state index in [0.29, 0.717) is 17.8 Å². The van der Waals surface area contributed by atoms with E-state index in [4.69, 9.17) is 4.52 Å². The van der Waals surface area contributed by atoms with Gasteiger partial charge in [-0.2, -0.15) is 4.98 Å². The predicted octanol–water partition coefficient (Wildman–Crippen LogP) is 2.44. The molecule has 1 N–H and O–H groups in total. The highest BCUT2D eigenvalue weighted by atomic mass is 16.5. The first-order chi connectivity index (χ1) is 9.78. The lowest BCUT2D eigenvalue weighted by molar-refractivity contribution is 0.418. The van der Waals surface area contributed by atoms with Gasteiger partial charge in [-0.15, -0.1) is 0 Å². The Hall–Kier alpha value is -2.27. The van der Waals surface area contributed by atoms with E-state index < -0.39 is 0 Å². The zero-order chi connectivity index (χ0) is 13.9. The second kappa shape index (κ2) is 5.38. The highest BCUT2D eigenvalue weighted by Crippen LogP contribution is 2.25. The van der Waals surface area contributed by atoms with Gasteiger partial charge in [0.15, 0.2) is 5.82 Å². The summed E-state index contributed by atoms with van der Waals surface area (Å²) >= 11 is 0. The van der Waals surface area contributed by atoms with Gasteiger partial charge in [0, 0.05) is 24.0 Å². The van der Waals surface area contributed by atoms with Crippen LogP contribution in [0, 0.1) is 0 Å². The van der Waals surface area contributed by atoms with Crippen molar-refractivity contribution in [2.24, 2.45) is 0 Å². The summed E-state index contributed by atoms with van der Waals surface area (Å²) in [5, 5.41) is 8.25. The summed E-state index contributed by atoms with van der Waals surface area (Å²) in [6, 6.07) is 10.2. The quantitative estimate of drug-likeness (QED) is 0.787. The molecule has 0 amide bonds. The van der Waals surface area contributed by atoms with Crippen molar-refractivity contribution < 1.29 is 4.52 Å². The fraction of sp³-hybridized carbons (Fsp3) is 0.267. The second-order valence-electron chi connectivity index (χ2n) is 4.79. The Morgan fingerprint density at radius 3 is 2.95 bits per heavy atom. The van der Waals surface area contributed by atoms with E-state index in [9.17, 15) is 0 Å². The van der Waals surface area contributed by atoms with Crippen LogP contribution in [0.25, 0.3) is 22.4 Å². The Kier molecular flexibility index (Phi) is 3.43. The Morgan fingerprint density at radius 1 is 1.25 bits per heavy atom. The van der Waals surface area contributed by atoms with Crippen LogP contribution in [0.5, 0.6) is 0 Å². The van der Waals surface area contributed by atoms with Gasteiger partial charge in [-0.05, 0) is 26.1 Å². The molecule has 0 saturated carbocycles. The molecule has 0 spiro atoms. The first-order valence-corrected chi connectivity index (χ1v) is 6.62. The number of rotatable bonds is 4. The van der Waals surface area contributed by atoms with Crippen LogP contribution in [0.2, 0.25) is 0 Å². The number of likely N-dealkylation sites (N-methyl/N-ethyl adjacent to an activating group) is 1. The van der Waals surface area contributed by atoms with E-state index >= 15 is 0 Å². The van der Waals surface area contributed by atoms with E-state index in [0.717, 1.165) is 22.9 Å². The molecule has 5 nitrogen and oxygen atoms in total. The summed E-state index contributed by atoms with van der Waals surface area (Å²) in [6.45, 7) is 2.08. The minimum atomic E-state index is 0.311. The van der Waals surface area contributed by atoms with Gasteiger partial charge in [0.1, 0.15) is 0 Å². The van der Waals surface area contributed by atoms with Gasteiger partial charge in [-0.3, -0.25) is 4.98 Å². The zero-order valence-corrected chi connectivity index (χ0v) is 11.5. The van der Waals surface area contributed by atoms with Crippen LogP contribution in [0.4, 0.5) is 0 Å². The SMILES string of the molecule is CNC(C)Cc1noc(-c2cccc3cccnc23)n1. The summed E-state index contributed by atoms with van der Waals surface area (Å²) in [5.74, 6) is 1.22. The van der Waals surface area contributed by atoms with Crippen molar-refractivity contribution in [1.29, 1.82) is 0 Å². The first-order valence-electron chi connectivity index (χ1n) is 6.62. The molecule has 5 heteroatoms. The maximum atomic E-state index is 5.38. The first kappa shape index (κ1) is 12.7. The van der Waals surface area contributed by atoms with E-state index in [1.54, 1.807) is 6.20 Å². The number of hydrogen-bond acceptors (Lipinski definition) is 5. The van der Waals surface area contributed by atoms with E-state index in [2.05, 4.69) is 27.4 Å². The lowest BCUT2D eigenvalue weighted by Gasteiger charge is -2.04. The summed E-state index contributed by atoms with van der Waals surface area (Å²) in [7, 11) is 1.92. The minimum Gasteiger partial charge on any atom is -0.334 e. The lowest BCUT2D eigenvalue weighted by atomic mass is 10.1. The molecule has 2 heterocycles. The highest BCUT2D eigenvalue weighted by molar-refractivity contribution is 5.91.